The molecular formula is C20H18Cl2FN3O3. The van der Waals surface area contributed by atoms with Gasteiger partial charge in [-0.1, -0.05) is 29.3 Å². The van der Waals surface area contributed by atoms with Crippen LogP contribution in [0.3, 0.4) is 0 Å². The first-order valence-corrected chi connectivity index (χ1v) is 9.53. The van der Waals surface area contributed by atoms with Crippen LogP contribution < -0.4 is 4.90 Å². The minimum atomic E-state index is -0.761. The van der Waals surface area contributed by atoms with E-state index in [1.165, 1.54) is 35.0 Å². The van der Waals surface area contributed by atoms with E-state index in [0.29, 0.717) is 10.7 Å². The third kappa shape index (κ3) is 4.21. The summed E-state index contributed by atoms with van der Waals surface area (Å²) in [4.78, 5) is 41.4. The molecule has 0 saturated carbocycles. The Morgan fingerprint density at radius 1 is 1.14 bits per heavy atom. The molecule has 6 nitrogen and oxygen atoms in total. The highest BCUT2D eigenvalue weighted by Crippen LogP contribution is 2.27. The molecule has 1 fully saturated rings. The van der Waals surface area contributed by atoms with Crippen molar-refractivity contribution in [2.24, 2.45) is 0 Å². The van der Waals surface area contributed by atoms with Crippen molar-refractivity contribution >= 4 is 46.7 Å². The summed E-state index contributed by atoms with van der Waals surface area (Å²) in [7, 11) is 1.45. The lowest BCUT2D eigenvalue weighted by molar-refractivity contribution is -0.136. The third-order valence-corrected chi connectivity index (χ3v) is 5.33. The summed E-state index contributed by atoms with van der Waals surface area (Å²) >= 11 is 11.9. The van der Waals surface area contributed by atoms with Crippen molar-refractivity contribution in [3.63, 3.8) is 0 Å². The number of benzene rings is 2. The van der Waals surface area contributed by atoms with Crippen LogP contribution in [0.4, 0.5) is 14.9 Å². The molecule has 1 heterocycles. The molecule has 4 amide bonds. The topological polar surface area (TPSA) is 60.9 Å². The van der Waals surface area contributed by atoms with E-state index in [2.05, 4.69) is 0 Å². The van der Waals surface area contributed by atoms with Crippen molar-refractivity contribution in [2.75, 3.05) is 18.5 Å². The summed E-state index contributed by atoms with van der Waals surface area (Å²) in [5.41, 5.74) is 0.668. The number of halogens is 3. The molecular weight excluding hydrogens is 420 g/mol. The molecule has 1 aliphatic heterocycles. The van der Waals surface area contributed by atoms with Crippen molar-refractivity contribution in [2.45, 2.75) is 19.5 Å². The lowest BCUT2D eigenvalue weighted by Crippen LogP contribution is -2.42. The molecule has 152 valence electrons. The van der Waals surface area contributed by atoms with Gasteiger partial charge in [-0.05, 0) is 43.3 Å². The maximum Gasteiger partial charge on any atom is 0.332 e. The third-order valence-electron chi connectivity index (χ3n) is 4.73. The van der Waals surface area contributed by atoms with Gasteiger partial charge in [-0.3, -0.25) is 19.4 Å². The average Bonchev–Trinajstić information content (AvgIpc) is 2.89. The van der Waals surface area contributed by atoms with E-state index < -0.39 is 36.2 Å². The quantitative estimate of drug-likeness (QED) is 0.665. The summed E-state index contributed by atoms with van der Waals surface area (Å²) in [6, 6.07) is 9.36. The van der Waals surface area contributed by atoms with Crippen LogP contribution in [0.25, 0.3) is 0 Å². The SMILES string of the molecule is CC1C(=O)N(CC(=O)N(C)Cc2c(F)cccc2Cl)C(=O)N1c1ccc(Cl)cc1. The zero-order valence-electron chi connectivity index (χ0n) is 15.7. The second kappa shape index (κ2) is 8.39. The highest BCUT2D eigenvalue weighted by Gasteiger charge is 2.44. The highest BCUT2D eigenvalue weighted by atomic mass is 35.5. The molecule has 29 heavy (non-hydrogen) atoms. The number of likely N-dealkylation sites (N-methyl/N-ethyl adjacent to an activating group) is 1. The van der Waals surface area contributed by atoms with E-state index in [1.54, 1.807) is 31.2 Å². The van der Waals surface area contributed by atoms with Crippen molar-refractivity contribution in [3.8, 4) is 0 Å². The van der Waals surface area contributed by atoms with Crippen LogP contribution in [0.2, 0.25) is 10.0 Å². The molecule has 1 atom stereocenters. The molecule has 1 unspecified atom stereocenters. The Hall–Kier alpha value is -2.64. The maximum absolute atomic E-state index is 14.0. The monoisotopic (exact) mass is 437 g/mol. The van der Waals surface area contributed by atoms with Gasteiger partial charge in [0.05, 0.1) is 0 Å². The number of urea groups is 1. The Kier molecular flexibility index (Phi) is 6.10. The molecule has 1 saturated heterocycles. The number of hydrogen-bond donors (Lipinski definition) is 0. The van der Waals surface area contributed by atoms with Crippen LogP contribution in [-0.4, -0.2) is 47.3 Å². The van der Waals surface area contributed by atoms with Gasteiger partial charge in [0, 0.05) is 34.9 Å². The number of rotatable bonds is 5. The van der Waals surface area contributed by atoms with Gasteiger partial charge in [0.2, 0.25) is 5.91 Å². The number of imide groups is 1. The summed E-state index contributed by atoms with van der Waals surface area (Å²) in [6.45, 7) is 1.05. The Morgan fingerprint density at radius 3 is 2.41 bits per heavy atom. The Balaban J connectivity index is 1.73. The van der Waals surface area contributed by atoms with Gasteiger partial charge in [-0.15, -0.1) is 0 Å². The Labute approximate surface area is 177 Å². The van der Waals surface area contributed by atoms with Gasteiger partial charge in [-0.25, -0.2) is 9.18 Å². The fraction of sp³-hybridized carbons (Fsp3) is 0.250. The molecule has 0 N–H and O–H groups in total. The zero-order chi connectivity index (χ0) is 21.3. The molecule has 0 bridgehead atoms. The number of anilines is 1. The van der Waals surface area contributed by atoms with Crippen molar-refractivity contribution in [1.29, 1.82) is 0 Å². The summed E-state index contributed by atoms with van der Waals surface area (Å²) < 4.78 is 14.0. The maximum atomic E-state index is 14.0. The van der Waals surface area contributed by atoms with Gasteiger partial charge >= 0.3 is 6.03 Å². The molecule has 1 aliphatic rings. The molecule has 2 aromatic carbocycles. The first-order valence-electron chi connectivity index (χ1n) is 8.77. The molecule has 0 aromatic heterocycles. The standard InChI is InChI=1S/C20H18Cl2FN3O3/c1-12-19(28)25(20(29)26(12)14-8-6-13(21)7-9-14)11-18(27)24(2)10-15-16(22)4-3-5-17(15)23/h3-9,12H,10-11H2,1-2H3. The molecule has 9 heteroatoms. The van der Waals surface area contributed by atoms with Gasteiger partial charge in [0.25, 0.3) is 5.91 Å². The summed E-state index contributed by atoms with van der Waals surface area (Å²) in [6.07, 6.45) is 0. The number of nitrogens with zero attached hydrogens (tertiary/aromatic N) is 3. The van der Waals surface area contributed by atoms with Crippen LogP contribution in [0.15, 0.2) is 42.5 Å². The van der Waals surface area contributed by atoms with E-state index in [1.807, 2.05) is 0 Å². The van der Waals surface area contributed by atoms with E-state index in [9.17, 15) is 18.8 Å². The fourth-order valence-corrected chi connectivity index (χ4v) is 3.42. The highest BCUT2D eigenvalue weighted by molar-refractivity contribution is 6.31. The van der Waals surface area contributed by atoms with Crippen molar-refractivity contribution in [1.82, 2.24) is 9.80 Å². The Morgan fingerprint density at radius 2 is 1.79 bits per heavy atom. The van der Waals surface area contributed by atoms with Crippen LogP contribution in [0.1, 0.15) is 12.5 Å². The number of hydrogen-bond acceptors (Lipinski definition) is 3. The number of carbonyl (C=O) groups excluding carboxylic acids is 3. The second-order valence-electron chi connectivity index (χ2n) is 6.68. The van der Waals surface area contributed by atoms with E-state index in [4.69, 9.17) is 23.2 Å². The van der Waals surface area contributed by atoms with E-state index in [-0.39, 0.29) is 17.1 Å². The fourth-order valence-electron chi connectivity index (χ4n) is 3.07. The van der Waals surface area contributed by atoms with Crippen molar-refractivity contribution < 1.29 is 18.8 Å². The van der Waals surface area contributed by atoms with Gasteiger partial charge in [0.1, 0.15) is 18.4 Å². The molecule has 0 spiro atoms. The van der Waals surface area contributed by atoms with Crippen LogP contribution in [0, 0.1) is 5.82 Å². The lowest BCUT2D eigenvalue weighted by atomic mass is 10.2. The largest absolute Gasteiger partial charge is 0.340 e. The minimum absolute atomic E-state index is 0.0863. The predicted octanol–water partition coefficient (Wildman–Crippen LogP) is 3.95. The first kappa shape index (κ1) is 21.1. The van der Waals surface area contributed by atoms with E-state index in [0.717, 1.165) is 4.90 Å². The summed E-state index contributed by atoms with van der Waals surface area (Å²) in [5, 5.41) is 0.695. The van der Waals surface area contributed by atoms with Gasteiger partial charge < -0.3 is 4.90 Å². The molecule has 0 aliphatic carbocycles. The molecule has 0 radical (unpaired) electrons. The zero-order valence-corrected chi connectivity index (χ0v) is 17.2. The minimum Gasteiger partial charge on any atom is -0.340 e. The lowest BCUT2D eigenvalue weighted by Gasteiger charge is -2.22. The number of carbonyl (C=O) groups is 3. The van der Waals surface area contributed by atoms with Crippen molar-refractivity contribution in [3.05, 3.63) is 63.9 Å². The predicted molar refractivity (Wildman–Crippen MR) is 108 cm³/mol. The normalized spacial score (nSPS) is 16.5. The van der Waals surface area contributed by atoms with E-state index >= 15 is 0 Å². The average molecular weight is 438 g/mol. The van der Waals surface area contributed by atoms with Gasteiger partial charge in [-0.2, -0.15) is 0 Å². The number of amides is 4. The van der Waals surface area contributed by atoms with Crippen LogP contribution >= 0.6 is 23.2 Å². The smallest absolute Gasteiger partial charge is 0.332 e. The first-order chi connectivity index (χ1) is 13.7. The molecule has 3 rings (SSSR count). The Bertz CT molecular complexity index is 948. The summed E-state index contributed by atoms with van der Waals surface area (Å²) in [5.74, 6) is -1.54. The van der Waals surface area contributed by atoms with Crippen LogP contribution in [-0.2, 0) is 16.1 Å². The molecule has 2 aromatic rings. The van der Waals surface area contributed by atoms with Gasteiger partial charge in [0.15, 0.2) is 0 Å². The second-order valence-corrected chi connectivity index (χ2v) is 7.52. The van der Waals surface area contributed by atoms with Crippen LogP contribution in [0.5, 0.6) is 0 Å².